The van der Waals surface area contributed by atoms with Gasteiger partial charge in [-0.2, -0.15) is 0 Å². The first-order chi connectivity index (χ1) is 12.0. The molecule has 0 unspecified atom stereocenters. The summed E-state index contributed by atoms with van der Waals surface area (Å²) in [4.78, 5) is 16.8. The maximum Gasteiger partial charge on any atom is 0.251 e. The third kappa shape index (κ3) is 3.88. The number of rotatable bonds is 5. The Labute approximate surface area is 146 Å². The van der Waals surface area contributed by atoms with Crippen LogP contribution in [0, 0.1) is 13.8 Å². The fourth-order valence-corrected chi connectivity index (χ4v) is 2.61. The molecule has 2 N–H and O–H groups in total. The molecule has 0 aliphatic rings. The van der Waals surface area contributed by atoms with Gasteiger partial charge >= 0.3 is 0 Å². The summed E-state index contributed by atoms with van der Waals surface area (Å²) in [5.41, 5.74) is 3.05. The molecule has 0 spiro atoms. The lowest BCUT2D eigenvalue weighted by Crippen LogP contribution is -2.26. The van der Waals surface area contributed by atoms with Crippen LogP contribution in [0.25, 0.3) is 11.5 Å². The Morgan fingerprint density at radius 1 is 1.16 bits per heavy atom. The number of aromatic hydroxyl groups is 1. The van der Waals surface area contributed by atoms with Gasteiger partial charge < -0.3 is 14.8 Å². The zero-order chi connectivity index (χ0) is 17.8. The summed E-state index contributed by atoms with van der Waals surface area (Å²) in [6.07, 6.45) is 0.575. The van der Waals surface area contributed by atoms with Crippen LogP contribution in [-0.2, 0) is 6.42 Å². The third-order valence-electron chi connectivity index (χ3n) is 4.03. The van der Waals surface area contributed by atoms with E-state index < -0.39 is 0 Å². The van der Waals surface area contributed by atoms with E-state index in [0.717, 1.165) is 22.6 Å². The second-order valence-corrected chi connectivity index (χ2v) is 5.89. The second-order valence-electron chi connectivity index (χ2n) is 5.89. The summed E-state index contributed by atoms with van der Waals surface area (Å²) in [5, 5.41) is 12.4. The summed E-state index contributed by atoms with van der Waals surface area (Å²) in [7, 11) is 0. The Kier molecular flexibility index (Phi) is 4.84. The van der Waals surface area contributed by atoms with Crippen molar-refractivity contribution in [2.45, 2.75) is 20.3 Å². The van der Waals surface area contributed by atoms with Gasteiger partial charge in [-0.1, -0.05) is 24.3 Å². The number of carbonyl (C=O) groups excluding carboxylic acids is 1. The van der Waals surface area contributed by atoms with Crippen molar-refractivity contribution in [2.24, 2.45) is 0 Å². The number of oxazole rings is 1. The zero-order valence-corrected chi connectivity index (χ0v) is 14.2. The second kappa shape index (κ2) is 7.21. The molecule has 0 radical (unpaired) electrons. The highest BCUT2D eigenvalue weighted by Gasteiger charge is 2.13. The van der Waals surface area contributed by atoms with Crippen molar-refractivity contribution in [1.82, 2.24) is 10.3 Å². The number of aryl methyl sites for hydroxylation is 2. The third-order valence-corrected chi connectivity index (χ3v) is 4.03. The van der Waals surface area contributed by atoms with Crippen LogP contribution in [0.3, 0.4) is 0 Å². The molecule has 5 heteroatoms. The standard InChI is InChI=1S/C20H20N2O3/c1-13-8-9-16(23)12-17(13)19(24)21-11-10-18-14(2)25-20(22-18)15-6-4-3-5-7-15/h3-9,12,23H,10-11H2,1-2H3,(H,21,24). The van der Waals surface area contributed by atoms with Gasteiger partial charge in [0.15, 0.2) is 0 Å². The van der Waals surface area contributed by atoms with Gasteiger partial charge in [0.05, 0.1) is 5.69 Å². The van der Waals surface area contributed by atoms with E-state index in [-0.39, 0.29) is 11.7 Å². The van der Waals surface area contributed by atoms with Crippen molar-refractivity contribution in [3.63, 3.8) is 0 Å². The number of nitrogens with zero attached hydrogens (tertiary/aromatic N) is 1. The molecule has 1 aromatic heterocycles. The normalized spacial score (nSPS) is 10.6. The monoisotopic (exact) mass is 336 g/mol. The molecule has 0 saturated heterocycles. The topological polar surface area (TPSA) is 75.4 Å². The molecule has 0 aliphatic carbocycles. The first kappa shape index (κ1) is 16.8. The average molecular weight is 336 g/mol. The fraction of sp³-hybridized carbons (Fsp3) is 0.200. The molecule has 1 heterocycles. The van der Waals surface area contributed by atoms with Gasteiger partial charge in [0.1, 0.15) is 11.5 Å². The van der Waals surface area contributed by atoms with Gasteiger partial charge in [0, 0.05) is 24.1 Å². The van der Waals surface area contributed by atoms with Crippen molar-refractivity contribution in [3.8, 4) is 17.2 Å². The molecule has 5 nitrogen and oxygen atoms in total. The molecule has 0 bridgehead atoms. The van der Waals surface area contributed by atoms with Crippen LogP contribution < -0.4 is 5.32 Å². The molecule has 128 valence electrons. The van der Waals surface area contributed by atoms with Crippen LogP contribution in [0.5, 0.6) is 5.75 Å². The number of nitrogens with one attached hydrogen (secondary N) is 1. The van der Waals surface area contributed by atoms with Crippen LogP contribution in [0.1, 0.15) is 27.4 Å². The first-order valence-electron chi connectivity index (χ1n) is 8.14. The van der Waals surface area contributed by atoms with Crippen molar-refractivity contribution < 1.29 is 14.3 Å². The highest BCUT2D eigenvalue weighted by atomic mass is 16.4. The Morgan fingerprint density at radius 3 is 2.68 bits per heavy atom. The minimum atomic E-state index is -0.210. The highest BCUT2D eigenvalue weighted by Crippen LogP contribution is 2.21. The SMILES string of the molecule is Cc1ccc(O)cc1C(=O)NCCc1nc(-c2ccccc2)oc1C. The minimum absolute atomic E-state index is 0.0793. The molecule has 3 aromatic rings. The smallest absolute Gasteiger partial charge is 0.251 e. The van der Waals surface area contributed by atoms with E-state index in [2.05, 4.69) is 10.3 Å². The van der Waals surface area contributed by atoms with Crippen molar-refractivity contribution in [1.29, 1.82) is 0 Å². The first-order valence-corrected chi connectivity index (χ1v) is 8.14. The number of benzene rings is 2. The quantitative estimate of drug-likeness (QED) is 0.746. The van der Waals surface area contributed by atoms with Gasteiger partial charge in [-0.15, -0.1) is 0 Å². The van der Waals surface area contributed by atoms with E-state index in [0.29, 0.717) is 24.4 Å². The van der Waals surface area contributed by atoms with E-state index in [1.165, 1.54) is 6.07 Å². The number of hydrogen-bond acceptors (Lipinski definition) is 4. The van der Waals surface area contributed by atoms with E-state index in [1.807, 2.05) is 44.2 Å². The van der Waals surface area contributed by atoms with E-state index >= 15 is 0 Å². The maximum absolute atomic E-state index is 12.3. The number of amides is 1. The molecular formula is C20H20N2O3. The summed E-state index contributed by atoms with van der Waals surface area (Å²) in [5.74, 6) is 1.21. The molecule has 25 heavy (non-hydrogen) atoms. The zero-order valence-electron chi connectivity index (χ0n) is 14.2. The summed E-state index contributed by atoms with van der Waals surface area (Å²) in [6.45, 7) is 4.15. The Bertz CT molecular complexity index is 885. The largest absolute Gasteiger partial charge is 0.508 e. The Hall–Kier alpha value is -3.08. The fourth-order valence-electron chi connectivity index (χ4n) is 2.61. The lowest BCUT2D eigenvalue weighted by atomic mass is 10.1. The van der Waals surface area contributed by atoms with Gasteiger partial charge in [-0.3, -0.25) is 4.79 Å². The van der Waals surface area contributed by atoms with Crippen molar-refractivity contribution in [2.75, 3.05) is 6.54 Å². The number of phenolic OH excluding ortho intramolecular Hbond substituents is 1. The van der Waals surface area contributed by atoms with Gasteiger partial charge in [-0.25, -0.2) is 4.98 Å². The van der Waals surface area contributed by atoms with Gasteiger partial charge in [0.2, 0.25) is 5.89 Å². The molecule has 0 aliphatic heterocycles. The molecular weight excluding hydrogens is 316 g/mol. The summed E-state index contributed by atoms with van der Waals surface area (Å²) >= 11 is 0. The predicted octanol–water partition coefficient (Wildman–Crippen LogP) is 3.64. The molecule has 2 aromatic carbocycles. The van der Waals surface area contributed by atoms with Gasteiger partial charge in [0.25, 0.3) is 5.91 Å². The van der Waals surface area contributed by atoms with Crippen LogP contribution in [0.4, 0.5) is 0 Å². The Morgan fingerprint density at radius 2 is 1.92 bits per heavy atom. The number of phenols is 1. The maximum atomic E-state index is 12.3. The van der Waals surface area contributed by atoms with E-state index in [4.69, 9.17) is 4.42 Å². The highest BCUT2D eigenvalue weighted by molar-refractivity contribution is 5.96. The average Bonchev–Trinajstić information content (AvgIpc) is 2.98. The molecule has 1 amide bonds. The van der Waals surface area contributed by atoms with Crippen molar-refractivity contribution in [3.05, 3.63) is 71.1 Å². The van der Waals surface area contributed by atoms with E-state index in [1.54, 1.807) is 12.1 Å². The lowest BCUT2D eigenvalue weighted by Gasteiger charge is -2.07. The van der Waals surface area contributed by atoms with Crippen LogP contribution >= 0.6 is 0 Å². The molecule has 0 saturated carbocycles. The molecule has 0 atom stereocenters. The summed E-state index contributed by atoms with van der Waals surface area (Å²) < 4.78 is 5.72. The minimum Gasteiger partial charge on any atom is -0.508 e. The predicted molar refractivity (Wildman–Crippen MR) is 95.6 cm³/mol. The van der Waals surface area contributed by atoms with Crippen LogP contribution in [-0.4, -0.2) is 22.5 Å². The number of hydrogen-bond donors (Lipinski definition) is 2. The van der Waals surface area contributed by atoms with E-state index in [9.17, 15) is 9.90 Å². The number of carbonyl (C=O) groups is 1. The molecule has 3 rings (SSSR count). The number of aromatic nitrogens is 1. The van der Waals surface area contributed by atoms with Crippen LogP contribution in [0.15, 0.2) is 52.9 Å². The van der Waals surface area contributed by atoms with Crippen molar-refractivity contribution >= 4 is 5.91 Å². The Balaban J connectivity index is 1.63. The lowest BCUT2D eigenvalue weighted by molar-refractivity contribution is 0.0953. The summed E-state index contributed by atoms with van der Waals surface area (Å²) in [6, 6.07) is 14.5. The van der Waals surface area contributed by atoms with Gasteiger partial charge in [-0.05, 0) is 43.7 Å². The van der Waals surface area contributed by atoms with Crippen LogP contribution in [0.2, 0.25) is 0 Å². The molecule has 0 fully saturated rings.